The van der Waals surface area contributed by atoms with Gasteiger partial charge in [-0.15, -0.1) is 0 Å². The largest absolute Gasteiger partial charge is 0.454 e. The van der Waals surface area contributed by atoms with E-state index in [1.165, 1.54) is 6.42 Å². The standard InChI is InChI=1S/C19H26N2O5S/c22-19(16-6-7-17-18(12-16)26-14-25-17)20-8-10-21(11-9-20)27(23,24)13-15-4-2-1-3-5-15/h6-7,12,15H,1-5,8-11,13-14H2. The Bertz CT molecular complexity index is 796. The molecule has 0 spiro atoms. The summed E-state index contributed by atoms with van der Waals surface area (Å²) in [6.45, 7) is 1.73. The van der Waals surface area contributed by atoms with Gasteiger partial charge in [0.25, 0.3) is 5.91 Å². The Hall–Kier alpha value is -1.80. The van der Waals surface area contributed by atoms with Gasteiger partial charge in [-0.25, -0.2) is 8.42 Å². The third kappa shape index (κ3) is 4.06. The van der Waals surface area contributed by atoms with E-state index in [1.807, 2.05) is 0 Å². The Kier molecular flexibility index (Phi) is 5.27. The zero-order chi connectivity index (χ0) is 18.9. The van der Waals surface area contributed by atoms with Crippen LogP contribution in [0.5, 0.6) is 11.5 Å². The summed E-state index contributed by atoms with van der Waals surface area (Å²) < 4.78 is 37.6. The highest BCUT2D eigenvalue weighted by molar-refractivity contribution is 7.89. The molecular formula is C19H26N2O5S. The normalized spacial score (nSPS) is 21.4. The number of piperazine rings is 1. The molecule has 7 nitrogen and oxygen atoms in total. The minimum Gasteiger partial charge on any atom is -0.454 e. The van der Waals surface area contributed by atoms with Crippen LogP contribution in [0, 0.1) is 5.92 Å². The van der Waals surface area contributed by atoms with Crippen molar-refractivity contribution in [3.05, 3.63) is 23.8 Å². The van der Waals surface area contributed by atoms with Crippen LogP contribution in [0.2, 0.25) is 0 Å². The summed E-state index contributed by atoms with van der Waals surface area (Å²) in [5.41, 5.74) is 0.540. The molecule has 0 bridgehead atoms. The molecule has 2 fully saturated rings. The van der Waals surface area contributed by atoms with Gasteiger partial charge in [-0.1, -0.05) is 19.3 Å². The first-order valence-electron chi connectivity index (χ1n) is 9.70. The van der Waals surface area contributed by atoms with Crippen LogP contribution < -0.4 is 9.47 Å². The van der Waals surface area contributed by atoms with Gasteiger partial charge in [0, 0.05) is 31.7 Å². The lowest BCUT2D eigenvalue weighted by molar-refractivity contribution is 0.0697. The number of ether oxygens (including phenoxy) is 2. The number of hydrogen-bond donors (Lipinski definition) is 0. The third-order valence-electron chi connectivity index (χ3n) is 5.71. The van der Waals surface area contributed by atoms with Gasteiger partial charge >= 0.3 is 0 Å². The molecule has 1 saturated carbocycles. The van der Waals surface area contributed by atoms with E-state index in [0.717, 1.165) is 25.7 Å². The van der Waals surface area contributed by atoms with E-state index in [9.17, 15) is 13.2 Å². The highest BCUT2D eigenvalue weighted by Crippen LogP contribution is 2.33. The van der Waals surface area contributed by atoms with Crippen molar-refractivity contribution in [1.29, 1.82) is 0 Å². The maximum Gasteiger partial charge on any atom is 0.254 e. The van der Waals surface area contributed by atoms with Crippen LogP contribution in [-0.4, -0.2) is 62.3 Å². The fourth-order valence-corrected chi connectivity index (χ4v) is 6.00. The molecule has 0 radical (unpaired) electrons. The molecule has 1 saturated heterocycles. The van der Waals surface area contributed by atoms with Gasteiger partial charge in [-0.3, -0.25) is 4.79 Å². The van der Waals surface area contributed by atoms with Gasteiger partial charge in [0.15, 0.2) is 11.5 Å². The molecule has 0 N–H and O–H groups in total. The fraction of sp³-hybridized carbons (Fsp3) is 0.632. The Labute approximate surface area is 160 Å². The molecule has 3 aliphatic rings. The van der Waals surface area contributed by atoms with Gasteiger partial charge in [-0.05, 0) is 37.0 Å². The first kappa shape index (κ1) is 18.6. The van der Waals surface area contributed by atoms with Gasteiger partial charge in [0.2, 0.25) is 16.8 Å². The van der Waals surface area contributed by atoms with Gasteiger partial charge in [0.05, 0.1) is 5.75 Å². The summed E-state index contributed by atoms with van der Waals surface area (Å²) in [5, 5.41) is 0. The maximum absolute atomic E-state index is 12.7. The smallest absolute Gasteiger partial charge is 0.254 e. The van der Waals surface area contributed by atoms with E-state index in [-0.39, 0.29) is 24.4 Å². The Morgan fingerprint density at radius 1 is 1.00 bits per heavy atom. The zero-order valence-corrected chi connectivity index (χ0v) is 16.2. The average Bonchev–Trinajstić information content (AvgIpc) is 3.16. The number of carbonyl (C=O) groups excluding carboxylic acids is 1. The Morgan fingerprint density at radius 2 is 1.70 bits per heavy atom. The number of benzene rings is 1. The summed E-state index contributed by atoms with van der Waals surface area (Å²) in [4.78, 5) is 14.4. The molecule has 0 aromatic heterocycles. The van der Waals surface area contributed by atoms with E-state index in [0.29, 0.717) is 43.2 Å². The van der Waals surface area contributed by atoms with Crippen molar-refractivity contribution in [1.82, 2.24) is 9.21 Å². The lowest BCUT2D eigenvalue weighted by atomic mass is 9.91. The predicted molar refractivity (Wildman–Crippen MR) is 100 cm³/mol. The van der Waals surface area contributed by atoms with Crippen molar-refractivity contribution < 1.29 is 22.7 Å². The molecule has 2 heterocycles. The molecule has 2 aliphatic heterocycles. The van der Waals surface area contributed by atoms with Crippen LogP contribution in [0.4, 0.5) is 0 Å². The summed E-state index contributed by atoms with van der Waals surface area (Å²) in [5.74, 6) is 1.66. The quantitative estimate of drug-likeness (QED) is 0.782. The summed E-state index contributed by atoms with van der Waals surface area (Å²) in [6, 6.07) is 5.15. The summed E-state index contributed by atoms with van der Waals surface area (Å²) in [7, 11) is -3.25. The summed E-state index contributed by atoms with van der Waals surface area (Å²) >= 11 is 0. The molecule has 1 aromatic carbocycles. The van der Waals surface area contributed by atoms with Crippen molar-refractivity contribution in [3.63, 3.8) is 0 Å². The van der Waals surface area contributed by atoms with Crippen LogP contribution in [-0.2, 0) is 10.0 Å². The molecule has 8 heteroatoms. The molecular weight excluding hydrogens is 368 g/mol. The van der Waals surface area contributed by atoms with Crippen LogP contribution in [0.3, 0.4) is 0 Å². The first-order valence-corrected chi connectivity index (χ1v) is 11.3. The number of carbonyl (C=O) groups is 1. The van der Waals surface area contributed by atoms with Gasteiger partial charge in [-0.2, -0.15) is 4.31 Å². The van der Waals surface area contributed by atoms with Crippen molar-refractivity contribution in [3.8, 4) is 11.5 Å². The second-order valence-corrected chi connectivity index (χ2v) is 9.56. The van der Waals surface area contributed by atoms with Crippen LogP contribution >= 0.6 is 0 Å². The monoisotopic (exact) mass is 394 g/mol. The summed E-state index contributed by atoms with van der Waals surface area (Å²) in [6.07, 6.45) is 5.52. The third-order valence-corrected chi connectivity index (χ3v) is 7.75. The Balaban J connectivity index is 1.34. The van der Waals surface area contributed by atoms with Crippen LogP contribution in [0.1, 0.15) is 42.5 Å². The molecule has 0 unspecified atom stereocenters. The number of sulfonamides is 1. The fourth-order valence-electron chi connectivity index (χ4n) is 4.14. The number of fused-ring (bicyclic) bond motifs is 1. The molecule has 1 aliphatic carbocycles. The SMILES string of the molecule is O=C(c1ccc2c(c1)OCO2)N1CCN(S(=O)(=O)CC2CCCCC2)CC1. The van der Waals surface area contributed by atoms with Crippen molar-refractivity contribution in [2.75, 3.05) is 38.7 Å². The number of rotatable bonds is 4. The van der Waals surface area contributed by atoms with Crippen molar-refractivity contribution in [2.45, 2.75) is 32.1 Å². The van der Waals surface area contributed by atoms with Crippen LogP contribution in [0.25, 0.3) is 0 Å². The first-order chi connectivity index (χ1) is 13.0. The lowest BCUT2D eigenvalue weighted by Gasteiger charge is -2.35. The van der Waals surface area contributed by atoms with Gasteiger partial charge < -0.3 is 14.4 Å². The van der Waals surface area contributed by atoms with E-state index in [4.69, 9.17) is 9.47 Å². The minimum absolute atomic E-state index is 0.0994. The predicted octanol–water partition coefficient (Wildman–Crippen LogP) is 2.08. The molecule has 0 atom stereocenters. The van der Waals surface area contributed by atoms with Crippen LogP contribution in [0.15, 0.2) is 18.2 Å². The zero-order valence-electron chi connectivity index (χ0n) is 15.4. The van der Waals surface area contributed by atoms with Crippen molar-refractivity contribution >= 4 is 15.9 Å². The molecule has 27 heavy (non-hydrogen) atoms. The molecule has 4 rings (SSSR count). The topological polar surface area (TPSA) is 76.2 Å². The second kappa shape index (κ2) is 7.67. The molecule has 1 amide bonds. The molecule has 148 valence electrons. The number of nitrogens with zero attached hydrogens (tertiary/aromatic N) is 2. The molecule has 1 aromatic rings. The van der Waals surface area contributed by atoms with E-state index in [2.05, 4.69) is 0 Å². The minimum atomic E-state index is -3.25. The highest BCUT2D eigenvalue weighted by Gasteiger charge is 2.31. The van der Waals surface area contributed by atoms with E-state index >= 15 is 0 Å². The highest BCUT2D eigenvalue weighted by atomic mass is 32.2. The lowest BCUT2D eigenvalue weighted by Crippen LogP contribution is -2.51. The number of hydrogen-bond acceptors (Lipinski definition) is 5. The van der Waals surface area contributed by atoms with E-state index in [1.54, 1.807) is 27.4 Å². The van der Waals surface area contributed by atoms with Crippen molar-refractivity contribution in [2.24, 2.45) is 5.92 Å². The number of amides is 1. The van der Waals surface area contributed by atoms with E-state index < -0.39 is 10.0 Å². The average molecular weight is 394 g/mol. The Morgan fingerprint density at radius 3 is 2.44 bits per heavy atom. The second-order valence-electron chi connectivity index (χ2n) is 7.54. The maximum atomic E-state index is 12.7. The van der Waals surface area contributed by atoms with Gasteiger partial charge in [0.1, 0.15) is 0 Å².